The molecular weight excluding hydrogens is 410 g/mol. The Bertz CT molecular complexity index is 1290. The lowest BCUT2D eigenvalue weighted by Gasteiger charge is -2.26. The number of hydrogen-bond acceptors (Lipinski definition) is 5. The van der Waals surface area contributed by atoms with Gasteiger partial charge in [0, 0.05) is 54.3 Å². The van der Waals surface area contributed by atoms with E-state index in [0.29, 0.717) is 23.6 Å². The second-order valence-corrected chi connectivity index (χ2v) is 8.02. The molecule has 1 N–H and O–H groups in total. The number of benzene rings is 1. The average Bonchev–Trinajstić information content (AvgIpc) is 3.20. The number of nitrogens with zero attached hydrogens (tertiary/aromatic N) is 5. The Balaban J connectivity index is 1.39. The molecule has 0 amide bonds. The van der Waals surface area contributed by atoms with Crippen LogP contribution in [0.4, 0.5) is 14.6 Å². The predicted molar refractivity (Wildman–Crippen MR) is 118 cm³/mol. The van der Waals surface area contributed by atoms with Gasteiger partial charge in [-0.1, -0.05) is 6.07 Å². The maximum Gasteiger partial charge on any atom is 0.180 e. The Kier molecular flexibility index (Phi) is 5.13. The molecule has 1 atom stereocenters. The first-order chi connectivity index (χ1) is 15.5. The van der Waals surface area contributed by atoms with Crippen LogP contribution < -0.4 is 5.32 Å². The van der Waals surface area contributed by atoms with Crippen molar-refractivity contribution < 1.29 is 8.78 Å². The fraction of sp³-hybridized carbons (Fsp3) is 0.250. The molecule has 0 radical (unpaired) electrons. The van der Waals surface area contributed by atoms with E-state index in [4.69, 9.17) is 4.98 Å². The van der Waals surface area contributed by atoms with E-state index < -0.39 is 11.6 Å². The van der Waals surface area contributed by atoms with Crippen molar-refractivity contribution in [2.75, 3.05) is 5.32 Å². The highest BCUT2D eigenvalue weighted by molar-refractivity contribution is 5.60. The maximum absolute atomic E-state index is 14.2. The van der Waals surface area contributed by atoms with Gasteiger partial charge in [-0.2, -0.15) is 0 Å². The van der Waals surface area contributed by atoms with Crippen LogP contribution in [0.25, 0.3) is 22.8 Å². The molecular formula is C24H22F2N6. The fourth-order valence-corrected chi connectivity index (χ4v) is 3.96. The van der Waals surface area contributed by atoms with Crippen LogP contribution in [-0.4, -0.2) is 30.5 Å². The molecule has 1 aliphatic rings. The van der Waals surface area contributed by atoms with Gasteiger partial charge in [-0.25, -0.2) is 23.7 Å². The van der Waals surface area contributed by atoms with Crippen molar-refractivity contribution in [3.63, 3.8) is 0 Å². The summed E-state index contributed by atoms with van der Waals surface area (Å²) >= 11 is 0. The monoisotopic (exact) mass is 432 g/mol. The zero-order valence-corrected chi connectivity index (χ0v) is 17.8. The summed E-state index contributed by atoms with van der Waals surface area (Å²) < 4.78 is 29.5. The quantitative estimate of drug-likeness (QED) is 0.505. The number of nitrogens with one attached hydrogen (secondary N) is 1. The van der Waals surface area contributed by atoms with Gasteiger partial charge in [-0.15, -0.1) is 0 Å². The van der Waals surface area contributed by atoms with E-state index in [1.165, 1.54) is 12.1 Å². The third-order valence-electron chi connectivity index (χ3n) is 5.82. The van der Waals surface area contributed by atoms with Gasteiger partial charge in [0.05, 0.1) is 5.69 Å². The van der Waals surface area contributed by atoms with Gasteiger partial charge in [0.1, 0.15) is 29.0 Å². The van der Waals surface area contributed by atoms with Gasteiger partial charge < -0.3 is 9.88 Å². The van der Waals surface area contributed by atoms with Crippen LogP contribution in [0.3, 0.4) is 0 Å². The average molecular weight is 432 g/mol. The van der Waals surface area contributed by atoms with Crippen molar-refractivity contribution in [1.82, 2.24) is 24.5 Å². The van der Waals surface area contributed by atoms with Crippen LogP contribution in [0, 0.1) is 25.5 Å². The van der Waals surface area contributed by atoms with Gasteiger partial charge in [-0.3, -0.25) is 4.98 Å². The van der Waals surface area contributed by atoms with E-state index in [1.807, 2.05) is 42.8 Å². The van der Waals surface area contributed by atoms with E-state index in [0.717, 1.165) is 47.5 Å². The topological polar surface area (TPSA) is 68.5 Å². The second-order valence-electron chi connectivity index (χ2n) is 8.02. The first kappa shape index (κ1) is 20.2. The molecule has 5 rings (SSSR count). The predicted octanol–water partition coefficient (Wildman–Crippen LogP) is 4.72. The highest BCUT2D eigenvalue weighted by Gasteiger charge is 2.23. The third kappa shape index (κ3) is 3.84. The van der Waals surface area contributed by atoms with E-state index in [-0.39, 0.29) is 6.04 Å². The minimum Gasteiger partial charge on any atom is -0.365 e. The summed E-state index contributed by atoms with van der Waals surface area (Å²) in [7, 11) is 0. The Morgan fingerprint density at radius 1 is 1.03 bits per heavy atom. The van der Waals surface area contributed by atoms with Crippen LogP contribution in [-0.2, 0) is 13.0 Å². The van der Waals surface area contributed by atoms with Gasteiger partial charge in [0.25, 0.3) is 0 Å². The third-order valence-corrected chi connectivity index (χ3v) is 5.82. The molecule has 4 aromatic rings. The summed E-state index contributed by atoms with van der Waals surface area (Å²) in [4.78, 5) is 18.3. The summed E-state index contributed by atoms with van der Waals surface area (Å²) in [6, 6.07) is 9.37. The lowest BCUT2D eigenvalue weighted by Crippen LogP contribution is -2.31. The number of rotatable bonds is 4. The molecule has 1 aromatic carbocycles. The molecule has 0 saturated carbocycles. The number of pyridine rings is 1. The van der Waals surface area contributed by atoms with E-state index in [2.05, 4.69) is 20.3 Å². The van der Waals surface area contributed by atoms with Crippen molar-refractivity contribution in [3.05, 3.63) is 77.5 Å². The van der Waals surface area contributed by atoms with Crippen molar-refractivity contribution in [2.45, 2.75) is 39.3 Å². The number of aromatic nitrogens is 5. The summed E-state index contributed by atoms with van der Waals surface area (Å²) in [5, 5.41) is 3.56. The van der Waals surface area contributed by atoms with Gasteiger partial charge in [-0.05, 0) is 44.5 Å². The molecule has 0 saturated heterocycles. The molecule has 3 aromatic heterocycles. The Morgan fingerprint density at radius 3 is 2.69 bits per heavy atom. The van der Waals surface area contributed by atoms with E-state index in [1.54, 1.807) is 6.20 Å². The molecule has 0 fully saturated rings. The Morgan fingerprint density at radius 2 is 1.91 bits per heavy atom. The van der Waals surface area contributed by atoms with Crippen molar-refractivity contribution in [1.29, 1.82) is 0 Å². The second kappa shape index (κ2) is 8.11. The molecule has 8 heteroatoms. The molecule has 1 aliphatic heterocycles. The minimum absolute atomic E-state index is 0.132. The molecule has 1 unspecified atom stereocenters. The number of imidazole rings is 1. The van der Waals surface area contributed by atoms with Crippen molar-refractivity contribution >= 4 is 5.82 Å². The first-order valence-electron chi connectivity index (χ1n) is 10.5. The summed E-state index contributed by atoms with van der Waals surface area (Å²) in [6.07, 6.45) is 5.17. The summed E-state index contributed by atoms with van der Waals surface area (Å²) in [6.45, 7) is 4.64. The van der Waals surface area contributed by atoms with Gasteiger partial charge in [0.15, 0.2) is 5.82 Å². The fourth-order valence-electron chi connectivity index (χ4n) is 3.96. The zero-order valence-electron chi connectivity index (χ0n) is 17.8. The molecule has 6 nitrogen and oxygen atoms in total. The number of anilines is 1. The van der Waals surface area contributed by atoms with Crippen LogP contribution in [0.5, 0.6) is 0 Å². The number of aryl methyl sites for hydroxylation is 2. The summed E-state index contributed by atoms with van der Waals surface area (Å²) in [5.74, 6) is 1.07. The largest absolute Gasteiger partial charge is 0.365 e. The van der Waals surface area contributed by atoms with E-state index in [9.17, 15) is 8.78 Å². The van der Waals surface area contributed by atoms with Crippen molar-refractivity contribution in [3.8, 4) is 22.8 Å². The molecule has 0 aliphatic carbocycles. The molecule has 0 spiro atoms. The SMILES string of the molecule is Cc1nc(-c2ccccn2)nc(NC2CCc3nc(-c4ccc(F)cc4F)cn3C2)c1C. The zero-order chi connectivity index (χ0) is 22.2. The smallest absolute Gasteiger partial charge is 0.180 e. The minimum atomic E-state index is -0.607. The van der Waals surface area contributed by atoms with Gasteiger partial charge >= 0.3 is 0 Å². The van der Waals surface area contributed by atoms with Crippen LogP contribution in [0.2, 0.25) is 0 Å². The normalized spacial score (nSPS) is 15.4. The molecule has 0 bridgehead atoms. The van der Waals surface area contributed by atoms with Crippen molar-refractivity contribution in [2.24, 2.45) is 0 Å². The maximum atomic E-state index is 14.2. The lowest BCUT2D eigenvalue weighted by atomic mass is 10.1. The summed E-state index contributed by atoms with van der Waals surface area (Å²) in [5.41, 5.74) is 3.45. The molecule has 4 heterocycles. The van der Waals surface area contributed by atoms with Crippen LogP contribution >= 0.6 is 0 Å². The molecule has 32 heavy (non-hydrogen) atoms. The number of hydrogen-bond donors (Lipinski definition) is 1. The number of halogens is 2. The highest BCUT2D eigenvalue weighted by Crippen LogP contribution is 2.27. The first-order valence-corrected chi connectivity index (χ1v) is 10.5. The molecule has 162 valence electrons. The highest BCUT2D eigenvalue weighted by atomic mass is 19.1. The number of fused-ring (bicyclic) bond motifs is 1. The van der Waals surface area contributed by atoms with Crippen LogP contribution in [0.1, 0.15) is 23.5 Å². The standard InChI is InChI=1S/C24H22F2N6/c1-14-15(2)28-24(20-5-3-4-10-27-20)31-23(14)29-17-7-9-22-30-21(13-32(22)12-17)18-8-6-16(25)11-19(18)26/h3-6,8,10-11,13,17H,7,9,12H2,1-2H3,(H,28,29,31). The van der Waals surface area contributed by atoms with Gasteiger partial charge in [0.2, 0.25) is 0 Å². The van der Waals surface area contributed by atoms with Crippen LogP contribution in [0.15, 0.2) is 48.8 Å². The van der Waals surface area contributed by atoms with E-state index >= 15 is 0 Å². The Hall–Kier alpha value is -3.68. The Labute approximate surface area is 184 Å². The lowest BCUT2D eigenvalue weighted by molar-refractivity contribution is 0.475.